The van der Waals surface area contributed by atoms with E-state index in [0.717, 1.165) is 5.75 Å². The zero-order valence-corrected chi connectivity index (χ0v) is 10.5. The zero-order valence-electron chi connectivity index (χ0n) is 9.69. The summed E-state index contributed by atoms with van der Waals surface area (Å²) < 4.78 is 0. The third kappa shape index (κ3) is 4.55. The van der Waals surface area contributed by atoms with E-state index in [0.29, 0.717) is 6.54 Å². The molecule has 0 saturated heterocycles. The molecule has 0 bridgehead atoms. The Bertz CT molecular complexity index is 233. The minimum absolute atomic E-state index is 0.0982. The largest absolute Gasteiger partial charge is 0.481 e. The number of nitrogens with zero attached hydrogens (tertiary/aromatic N) is 1. The topological polar surface area (TPSA) is 57.6 Å². The van der Waals surface area contributed by atoms with Crippen LogP contribution in [-0.2, 0) is 9.59 Å². The van der Waals surface area contributed by atoms with Crippen LogP contribution in [0.25, 0.3) is 0 Å². The summed E-state index contributed by atoms with van der Waals surface area (Å²) in [5, 5.41) is 8.78. The van der Waals surface area contributed by atoms with Crippen LogP contribution < -0.4 is 0 Å². The van der Waals surface area contributed by atoms with Gasteiger partial charge in [-0.25, -0.2) is 0 Å². The van der Waals surface area contributed by atoms with E-state index in [1.54, 1.807) is 37.6 Å². The molecule has 2 atom stereocenters. The molecule has 0 aliphatic carbocycles. The van der Waals surface area contributed by atoms with Crippen molar-refractivity contribution >= 4 is 23.6 Å². The van der Waals surface area contributed by atoms with Gasteiger partial charge in [0.1, 0.15) is 0 Å². The van der Waals surface area contributed by atoms with Gasteiger partial charge in [-0.05, 0) is 6.26 Å². The van der Waals surface area contributed by atoms with Gasteiger partial charge in [0.15, 0.2) is 0 Å². The van der Waals surface area contributed by atoms with Gasteiger partial charge in [-0.1, -0.05) is 13.8 Å². The van der Waals surface area contributed by atoms with Crippen LogP contribution in [0, 0.1) is 11.8 Å². The van der Waals surface area contributed by atoms with Gasteiger partial charge in [-0.15, -0.1) is 0 Å². The summed E-state index contributed by atoms with van der Waals surface area (Å²) in [6.45, 7) is 3.89. The highest BCUT2D eigenvalue weighted by Gasteiger charge is 2.27. The molecule has 0 aromatic heterocycles. The Morgan fingerprint density at radius 3 is 2.27 bits per heavy atom. The van der Waals surface area contributed by atoms with Crippen LogP contribution in [0.15, 0.2) is 0 Å². The highest BCUT2D eigenvalue weighted by atomic mass is 32.2. The number of thioether (sulfide) groups is 1. The summed E-state index contributed by atoms with van der Waals surface area (Å²) >= 11 is 1.66. The van der Waals surface area contributed by atoms with Crippen LogP contribution >= 0.6 is 11.8 Å². The molecular formula is C10H19NO3S. The predicted molar refractivity (Wildman–Crippen MR) is 62.0 cm³/mol. The first-order valence-electron chi connectivity index (χ1n) is 4.88. The van der Waals surface area contributed by atoms with Crippen molar-refractivity contribution in [1.82, 2.24) is 4.90 Å². The summed E-state index contributed by atoms with van der Waals surface area (Å²) in [4.78, 5) is 24.1. The van der Waals surface area contributed by atoms with Gasteiger partial charge in [0.2, 0.25) is 5.91 Å². The minimum Gasteiger partial charge on any atom is -0.481 e. The molecule has 2 unspecified atom stereocenters. The highest BCUT2D eigenvalue weighted by molar-refractivity contribution is 7.98. The number of hydrogen-bond acceptors (Lipinski definition) is 3. The molecule has 0 fully saturated rings. The molecule has 0 aromatic carbocycles. The molecular weight excluding hydrogens is 214 g/mol. The molecule has 1 amide bonds. The third-order valence-electron chi connectivity index (χ3n) is 2.54. The van der Waals surface area contributed by atoms with E-state index in [1.165, 1.54) is 0 Å². The molecule has 15 heavy (non-hydrogen) atoms. The number of carbonyl (C=O) groups is 2. The van der Waals surface area contributed by atoms with Crippen LogP contribution in [0.3, 0.4) is 0 Å². The smallest absolute Gasteiger partial charge is 0.307 e. The average molecular weight is 233 g/mol. The normalized spacial score (nSPS) is 14.4. The Kier molecular flexibility index (Phi) is 6.40. The first-order valence-corrected chi connectivity index (χ1v) is 6.28. The van der Waals surface area contributed by atoms with Crippen LogP contribution in [0.2, 0.25) is 0 Å². The fraction of sp³-hybridized carbons (Fsp3) is 0.800. The first kappa shape index (κ1) is 14.3. The van der Waals surface area contributed by atoms with Gasteiger partial charge in [0.25, 0.3) is 0 Å². The fourth-order valence-electron chi connectivity index (χ4n) is 1.11. The molecule has 0 heterocycles. The van der Waals surface area contributed by atoms with Crippen molar-refractivity contribution in [3.8, 4) is 0 Å². The SMILES string of the molecule is CSCCN(C)C(=O)C(C)C(C)C(=O)O. The maximum absolute atomic E-state index is 11.7. The molecule has 0 aliphatic rings. The van der Waals surface area contributed by atoms with E-state index in [-0.39, 0.29) is 5.91 Å². The number of amides is 1. The monoisotopic (exact) mass is 233 g/mol. The first-order chi connectivity index (χ1) is 6.91. The number of carboxylic acid groups (broad SMARTS) is 1. The Hall–Kier alpha value is -0.710. The van der Waals surface area contributed by atoms with E-state index in [1.807, 2.05) is 6.26 Å². The fourth-order valence-corrected chi connectivity index (χ4v) is 1.57. The molecule has 0 saturated carbocycles. The number of carbonyl (C=O) groups excluding carboxylic acids is 1. The van der Waals surface area contributed by atoms with E-state index in [4.69, 9.17) is 5.11 Å². The van der Waals surface area contributed by atoms with Crippen LogP contribution in [0.4, 0.5) is 0 Å². The van der Waals surface area contributed by atoms with Gasteiger partial charge in [0, 0.05) is 25.3 Å². The number of hydrogen-bond donors (Lipinski definition) is 1. The van der Waals surface area contributed by atoms with Crippen molar-refractivity contribution in [2.75, 3.05) is 25.6 Å². The van der Waals surface area contributed by atoms with Crippen molar-refractivity contribution in [2.45, 2.75) is 13.8 Å². The lowest BCUT2D eigenvalue weighted by molar-refractivity contribution is -0.148. The Morgan fingerprint density at radius 1 is 1.33 bits per heavy atom. The van der Waals surface area contributed by atoms with Gasteiger partial charge in [-0.2, -0.15) is 11.8 Å². The Balaban J connectivity index is 4.24. The summed E-state index contributed by atoms with van der Waals surface area (Å²) in [5.41, 5.74) is 0. The van der Waals surface area contributed by atoms with Crippen molar-refractivity contribution in [1.29, 1.82) is 0 Å². The zero-order chi connectivity index (χ0) is 12.0. The van der Waals surface area contributed by atoms with E-state index < -0.39 is 17.8 Å². The predicted octanol–water partition coefficient (Wildman–Crippen LogP) is 1.16. The lowest BCUT2D eigenvalue weighted by Gasteiger charge is -2.23. The van der Waals surface area contributed by atoms with Gasteiger partial charge in [-0.3, -0.25) is 9.59 Å². The minimum atomic E-state index is -0.922. The quantitative estimate of drug-likeness (QED) is 0.748. The van der Waals surface area contributed by atoms with E-state index >= 15 is 0 Å². The average Bonchev–Trinajstić information content (AvgIpc) is 2.22. The summed E-state index contributed by atoms with van der Waals surface area (Å²) in [5.74, 6) is -1.24. The molecule has 5 heteroatoms. The second-order valence-electron chi connectivity index (χ2n) is 3.67. The molecule has 4 nitrogen and oxygen atoms in total. The molecule has 0 aliphatic heterocycles. The molecule has 0 rings (SSSR count). The highest BCUT2D eigenvalue weighted by Crippen LogP contribution is 2.14. The third-order valence-corrected chi connectivity index (χ3v) is 3.13. The summed E-state index contributed by atoms with van der Waals surface area (Å²) in [7, 11) is 1.71. The van der Waals surface area contributed by atoms with Crippen LogP contribution in [0.5, 0.6) is 0 Å². The Morgan fingerprint density at radius 2 is 1.87 bits per heavy atom. The van der Waals surface area contributed by atoms with Gasteiger partial charge < -0.3 is 10.0 Å². The summed E-state index contributed by atoms with van der Waals surface area (Å²) in [6.07, 6.45) is 1.97. The van der Waals surface area contributed by atoms with Gasteiger partial charge >= 0.3 is 5.97 Å². The van der Waals surface area contributed by atoms with Crippen molar-refractivity contribution in [2.24, 2.45) is 11.8 Å². The molecule has 0 spiro atoms. The van der Waals surface area contributed by atoms with Crippen molar-refractivity contribution in [3.05, 3.63) is 0 Å². The molecule has 1 N–H and O–H groups in total. The second-order valence-corrected chi connectivity index (χ2v) is 4.65. The Labute approximate surface area is 95.0 Å². The second kappa shape index (κ2) is 6.71. The molecule has 0 radical (unpaired) electrons. The molecule has 88 valence electrons. The van der Waals surface area contributed by atoms with E-state index in [9.17, 15) is 9.59 Å². The number of carboxylic acids is 1. The van der Waals surface area contributed by atoms with Crippen LogP contribution in [0.1, 0.15) is 13.8 Å². The standard InChI is InChI=1S/C10H19NO3S/c1-7(8(2)10(13)14)9(12)11(3)5-6-15-4/h7-8H,5-6H2,1-4H3,(H,13,14). The molecule has 0 aromatic rings. The van der Waals surface area contributed by atoms with Crippen LogP contribution in [-0.4, -0.2) is 47.5 Å². The number of rotatable bonds is 6. The van der Waals surface area contributed by atoms with E-state index in [2.05, 4.69) is 0 Å². The van der Waals surface area contributed by atoms with Crippen molar-refractivity contribution in [3.63, 3.8) is 0 Å². The van der Waals surface area contributed by atoms with Crippen molar-refractivity contribution < 1.29 is 14.7 Å². The lowest BCUT2D eigenvalue weighted by atomic mass is 9.95. The lowest BCUT2D eigenvalue weighted by Crippen LogP contribution is -2.37. The maximum atomic E-state index is 11.7. The van der Waals surface area contributed by atoms with Gasteiger partial charge in [0.05, 0.1) is 5.92 Å². The maximum Gasteiger partial charge on any atom is 0.307 e. The summed E-state index contributed by atoms with van der Waals surface area (Å²) in [6, 6.07) is 0. The number of aliphatic carboxylic acids is 1.